The average Bonchev–Trinajstić information content (AvgIpc) is 2.83. The van der Waals surface area contributed by atoms with Crippen molar-refractivity contribution in [3.8, 4) is 0 Å². The third kappa shape index (κ3) is 3.05. The zero-order chi connectivity index (χ0) is 14.7. The van der Waals surface area contributed by atoms with Crippen molar-refractivity contribution in [1.82, 2.24) is 5.32 Å². The maximum Gasteiger partial charge on any atom is 0.331 e. The average molecular weight is 342 g/mol. The molecule has 2 N–H and O–H groups in total. The highest BCUT2D eigenvalue weighted by Crippen LogP contribution is 2.19. The lowest BCUT2D eigenvalue weighted by atomic mass is 10.1. The highest BCUT2D eigenvalue weighted by molar-refractivity contribution is 9.10. The van der Waals surface area contributed by atoms with Gasteiger partial charge in [-0.05, 0) is 34.1 Å². The highest BCUT2D eigenvalue weighted by atomic mass is 79.9. The van der Waals surface area contributed by atoms with Gasteiger partial charge < -0.3 is 14.8 Å². The number of hydrogen-bond acceptors (Lipinski definition) is 3. The SMILES string of the molecule is O=C(NC(C(=O)O)c1ccccc1F)c1ccc(Br)o1. The Morgan fingerprint density at radius 1 is 1.25 bits per heavy atom. The van der Waals surface area contributed by atoms with E-state index in [-0.39, 0.29) is 11.3 Å². The van der Waals surface area contributed by atoms with Crippen LogP contribution in [0, 0.1) is 5.82 Å². The molecule has 1 aromatic carbocycles. The van der Waals surface area contributed by atoms with Crippen LogP contribution in [0.3, 0.4) is 0 Å². The summed E-state index contributed by atoms with van der Waals surface area (Å²) < 4.78 is 19.0. The third-order valence-corrected chi connectivity index (χ3v) is 2.96. The van der Waals surface area contributed by atoms with Crippen molar-refractivity contribution in [1.29, 1.82) is 0 Å². The molecule has 2 aromatic rings. The number of aliphatic carboxylic acids is 1. The summed E-state index contributed by atoms with van der Waals surface area (Å²) in [5.74, 6) is -2.89. The molecule has 0 saturated heterocycles. The van der Waals surface area contributed by atoms with Gasteiger partial charge in [-0.15, -0.1) is 0 Å². The van der Waals surface area contributed by atoms with Crippen LogP contribution in [0.25, 0.3) is 0 Å². The Morgan fingerprint density at radius 2 is 1.95 bits per heavy atom. The van der Waals surface area contributed by atoms with Crippen molar-refractivity contribution >= 4 is 27.8 Å². The van der Waals surface area contributed by atoms with Crippen molar-refractivity contribution in [3.63, 3.8) is 0 Å². The Labute approximate surface area is 121 Å². The maximum atomic E-state index is 13.6. The summed E-state index contributed by atoms with van der Waals surface area (Å²) in [6.07, 6.45) is 0. The second kappa shape index (κ2) is 5.87. The van der Waals surface area contributed by atoms with Gasteiger partial charge in [0.1, 0.15) is 5.82 Å². The molecule has 1 atom stereocenters. The number of nitrogens with one attached hydrogen (secondary N) is 1. The number of amides is 1. The van der Waals surface area contributed by atoms with Crippen molar-refractivity contribution in [2.75, 3.05) is 0 Å². The van der Waals surface area contributed by atoms with Gasteiger partial charge in [0, 0.05) is 5.56 Å². The van der Waals surface area contributed by atoms with Crippen molar-refractivity contribution < 1.29 is 23.5 Å². The Balaban J connectivity index is 2.25. The molecule has 1 aromatic heterocycles. The predicted octanol–water partition coefficient (Wildman–Crippen LogP) is 2.74. The van der Waals surface area contributed by atoms with Crippen molar-refractivity contribution in [3.05, 3.63) is 58.2 Å². The second-order valence-electron chi connectivity index (χ2n) is 3.87. The molecule has 0 aliphatic rings. The molecular formula is C13H9BrFNO4. The predicted molar refractivity (Wildman–Crippen MR) is 70.7 cm³/mol. The molecule has 20 heavy (non-hydrogen) atoms. The molecule has 2 rings (SSSR count). The minimum Gasteiger partial charge on any atom is -0.479 e. The standard InChI is InChI=1S/C13H9BrFNO4/c14-10-6-5-9(20-10)12(17)16-11(13(18)19)7-3-1-2-4-8(7)15/h1-6,11H,(H,16,17)(H,18,19). The maximum absolute atomic E-state index is 13.6. The second-order valence-corrected chi connectivity index (χ2v) is 4.65. The molecule has 0 spiro atoms. The first kappa shape index (κ1) is 14.3. The van der Waals surface area contributed by atoms with Gasteiger partial charge >= 0.3 is 5.97 Å². The molecular weight excluding hydrogens is 333 g/mol. The minimum absolute atomic E-state index is 0.0699. The van der Waals surface area contributed by atoms with E-state index in [0.29, 0.717) is 4.67 Å². The lowest BCUT2D eigenvalue weighted by molar-refractivity contribution is -0.139. The Bertz CT molecular complexity index is 655. The fourth-order valence-electron chi connectivity index (χ4n) is 1.62. The molecule has 1 heterocycles. The monoisotopic (exact) mass is 341 g/mol. The Hall–Kier alpha value is -2.15. The molecule has 7 heteroatoms. The summed E-state index contributed by atoms with van der Waals surface area (Å²) in [5, 5.41) is 11.3. The third-order valence-electron chi connectivity index (χ3n) is 2.54. The lowest BCUT2D eigenvalue weighted by Crippen LogP contribution is -2.34. The summed E-state index contributed by atoms with van der Waals surface area (Å²) >= 11 is 3.03. The molecule has 0 aliphatic heterocycles. The number of halogens is 2. The molecule has 104 valence electrons. The number of hydrogen-bond donors (Lipinski definition) is 2. The molecule has 0 fully saturated rings. The first-order valence-corrected chi connectivity index (χ1v) is 6.32. The smallest absolute Gasteiger partial charge is 0.331 e. The van der Waals surface area contributed by atoms with Gasteiger partial charge in [0.25, 0.3) is 5.91 Å². The fraction of sp³-hybridized carbons (Fsp3) is 0.0769. The van der Waals surface area contributed by atoms with E-state index in [1.165, 1.54) is 30.3 Å². The van der Waals surface area contributed by atoms with E-state index in [2.05, 4.69) is 21.2 Å². The molecule has 0 aliphatic carbocycles. The summed E-state index contributed by atoms with van der Waals surface area (Å²) in [6.45, 7) is 0. The summed E-state index contributed by atoms with van der Waals surface area (Å²) in [4.78, 5) is 23.0. The number of carboxylic acid groups (broad SMARTS) is 1. The van der Waals surface area contributed by atoms with Crippen molar-refractivity contribution in [2.45, 2.75) is 6.04 Å². The van der Waals surface area contributed by atoms with Gasteiger partial charge in [-0.3, -0.25) is 4.79 Å². The summed E-state index contributed by atoms with van der Waals surface area (Å²) in [6, 6.07) is 6.72. The lowest BCUT2D eigenvalue weighted by Gasteiger charge is -2.14. The van der Waals surface area contributed by atoms with Crippen LogP contribution in [-0.2, 0) is 4.79 Å². The number of benzene rings is 1. The van der Waals surface area contributed by atoms with E-state index in [1.54, 1.807) is 0 Å². The summed E-state index contributed by atoms with van der Waals surface area (Å²) in [7, 11) is 0. The van der Waals surface area contributed by atoms with Gasteiger partial charge in [-0.25, -0.2) is 9.18 Å². The van der Waals surface area contributed by atoms with Gasteiger partial charge in [0.05, 0.1) is 0 Å². The van der Waals surface area contributed by atoms with Crippen molar-refractivity contribution in [2.24, 2.45) is 0 Å². The zero-order valence-electron chi connectivity index (χ0n) is 9.97. The highest BCUT2D eigenvalue weighted by Gasteiger charge is 2.26. The Morgan fingerprint density at radius 3 is 2.50 bits per heavy atom. The number of carboxylic acids is 1. The molecule has 0 radical (unpaired) electrons. The van der Waals surface area contributed by atoms with E-state index >= 15 is 0 Å². The van der Waals surface area contributed by atoms with E-state index in [0.717, 1.165) is 6.07 Å². The number of furan rings is 1. The fourth-order valence-corrected chi connectivity index (χ4v) is 1.93. The summed E-state index contributed by atoms with van der Waals surface area (Å²) in [5.41, 5.74) is -0.126. The first-order chi connectivity index (χ1) is 9.49. The van der Waals surface area contributed by atoms with Gasteiger partial charge in [0.2, 0.25) is 0 Å². The number of carbonyl (C=O) groups is 2. The van der Waals surface area contributed by atoms with E-state index in [1.807, 2.05) is 0 Å². The molecule has 1 amide bonds. The molecule has 0 saturated carbocycles. The normalized spacial score (nSPS) is 11.9. The number of carbonyl (C=O) groups excluding carboxylic acids is 1. The first-order valence-electron chi connectivity index (χ1n) is 5.52. The van der Waals surface area contributed by atoms with Gasteiger partial charge in [0.15, 0.2) is 16.5 Å². The van der Waals surface area contributed by atoms with E-state index in [4.69, 9.17) is 9.52 Å². The zero-order valence-corrected chi connectivity index (χ0v) is 11.6. The van der Waals surface area contributed by atoms with Crippen LogP contribution in [-0.4, -0.2) is 17.0 Å². The van der Waals surface area contributed by atoms with Crippen LogP contribution in [0.15, 0.2) is 45.5 Å². The van der Waals surface area contributed by atoms with Crippen LogP contribution in [0.2, 0.25) is 0 Å². The quantitative estimate of drug-likeness (QED) is 0.896. The minimum atomic E-state index is -1.49. The number of rotatable bonds is 4. The van der Waals surface area contributed by atoms with Crippen LogP contribution in [0.5, 0.6) is 0 Å². The Kier molecular flexibility index (Phi) is 4.19. The van der Waals surface area contributed by atoms with Gasteiger partial charge in [-0.1, -0.05) is 18.2 Å². The largest absolute Gasteiger partial charge is 0.479 e. The molecule has 0 bridgehead atoms. The topological polar surface area (TPSA) is 79.5 Å². The van der Waals surface area contributed by atoms with E-state index < -0.39 is 23.7 Å². The molecule has 5 nitrogen and oxygen atoms in total. The van der Waals surface area contributed by atoms with E-state index in [9.17, 15) is 14.0 Å². The van der Waals surface area contributed by atoms with Crippen LogP contribution < -0.4 is 5.32 Å². The van der Waals surface area contributed by atoms with Crippen LogP contribution in [0.1, 0.15) is 22.2 Å². The van der Waals surface area contributed by atoms with Crippen LogP contribution in [0.4, 0.5) is 4.39 Å². The van der Waals surface area contributed by atoms with Gasteiger partial charge in [-0.2, -0.15) is 0 Å². The molecule has 1 unspecified atom stereocenters. The van der Waals surface area contributed by atoms with Crippen LogP contribution >= 0.6 is 15.9 Å².